The Labute approximate surface area is 163 Å². The van der Waals surface area contributed by atoms with Crippen LogP contribution < -0.4 is 26.0 Å². The average molecular weight is 391 g/mol. The van der Waals surface area contributed by atoms with Gasteiger partial charge in [-0.2, -0.15) is 9.97 Å². The van der Waals surface area contributed by atoms with Crippen molar-refractivity contribution in [2.24, 2.45) is 0 Å². The summed E-state index contributed by atoms with van der Waals surface area (Å²) in [5.74, 6) is 1.83. The number of carbonyl (C=O) groups excluding carboxylic acids is 1. The molecule has 8 nitrogen and oxygen atoms in total. The maximum Gasteiger partial charge on any atom is 0.226 e. The number of anilines is 3. The second-order valence-electron chi connectivity index (χ2n) is 6.41. The largest absolute Gasteiger partial charge is 0.497 e. The van der Waals surface area contributed by atoms with Crippen LogP contribution >= 0.6 is 11.6 Å². The Morgan fingerprint density at radius 2 is 2.11 bits per heavy atom. The Morgan fingerprint density at radius 3 is 2.78 bits per heavy atom. The number of hydrogen-bond acceptors (Lipinski definition) is 7. The number of rotatable bonds is 6. The van der Waals surface area contributed by atoms with Gasteiger partial charge in [0.2, 0.25) is 11.2 Å². The molecule has 2 heterocycles. The Balaban J connectivity index is 1.72. The number of methoxy groups -OCH3 is 1. The molecule has 1 atom stereocenters. The zero-order valence-electron chi connectivity index (χ0n) is 15.3. The van der Waals surface area contributed by atoms with Crippen LogP contribution in [0.5, 0.6) is 5.75 Å². The highest BCUT2D eigenvalue weighted by Gasteiger charge is 2.27. The number of nitrogens with two attached hydrogens (primary N) is 1. The van der Waals surface area contributed by atoms with Gasteiger partial charge in [-0.3, -0.25) is 4.79 Å². The van der Waals surface area contributed by atoms with E-state index < -0.39 is 0 Å². The van der Waals surface area contributed by atoms with E-state index in [0.29, 0.717) is 30.4 Å². The van der Waals surface area contributed by atoms with Crippen LogP contribution in [0.2, 0.25) is 5.28 Å². The first kappa shape index (κ1) is 19.0. The van der Waals surface area contributed by atoms with Crippen molar-refractivity contribution in [2.75, 3.05) is 36.1 Å². The standard InChI is InChI=1S/C18H23ClN6O2/c1-11(26)22-13-7-8-25(10-13)17-15(20)16(23-18(19)24-17)21-9-12-3-5-14(27-2)6-4-12/h3-6,13H,7-10,20H2,1-2H3,(H,22,26)(H,21,23,24). The lowest BCUT2D eigenvalue weighted by Gasteiger charge is -2.21. The van der Waals surface area contributed by atoms with Crippen molar-refractivity contribution >= 4 is 34.8 Å². The van der Waals surface area contributed by atoms with Crippen molar-refractivity contribution < 1.29 is 9.53 Å². The quantitative estimate of drug-likeness (QED) is 0.648. The van der Waals surface area contributed by atoms with E-state index >= 15 is 0 Å². The highest BCUT2D eigenvalue weighted by atomic mass is 35.5. The zero-order valence-corrected chi connectivity index (χ0v) is 16.1. The highest BCUT2D eigenvalue weighted by molar-refractivity contribution is 6.28. The minimum Gasteiger partial charge on any atom is -0.497 e. The number of ether oxygens (including phenoxy) is 1. The van der Waals surface area contributed by atoms with E-state index in [9.17, 15) is 4.79 Å². The van der Waals surface area contributed by atoms with Gasteiger partial charge < -0.3 is 26.0 Å². The molecule has 1 unspecified atom stereocenters. The zero-order chi connectivity index (χ0) is 19.4. The van der Waals surface area contributed by atoms with Crippen LogP contribution in [0.4, 0.5) is 17.3 Å². The third kappa shape index (κ3) is 4.71. The lowest BCUT2D eigenvalue weighted by atomic mass is 10.2. The summed E-state index contributed by atoms with van der Waals surface area (Å²) in [7, 11) is 1.63. The fourth-order valence-corrected chi connectivity index (χ4v) is 3.26. The molecule has 0 saturated carbocycles. The molecule has 0 aliphatic carbocycles. The predicted octanol–water partition coefficient (Wildman–Crippen LogP) is 2.05. The maximum absolute atomic E-state index is 11.3. The number of nitrogens with one attached hydrogen (secondary N) is 2. The van der Waals surface area contributed by atoms with E-state index in [1.807, 2.05) is 29.2 Å². The van der Waals surface area contributed by atoms with Crippen LogP contribution in [0.15, 0.2) is 24.3 Å². The van der Waals surface area contributed by atoms with Crippen LogP contribution in [0.25, 0.3) is 0 Å². The Kier molecular flexibility index (Phi) is 5.85. The molecule has 0 bridgehead atoms. The van der Waals surface area contributed by atoms with Crippen molar-refractivity contribution in [3.05, 3.63) is 35.1 Å². The monoisotopic (exact) mass is 390 g/mol. The molecule has 27 heavy (non-hydrogen) atoms. The van der Waals surface area contributed by atoms with Crippen LogP contribution in [0.3, 0.4) is 0 Å². The van der Waals surface area contributed by atoms with Crippen LogP contribution in [-0.2, 0) is 11.3 Å². The molecule has 1 amide bonds. The van der Waals surface area contributed by atoms with Crippen molar-refractivity contribution in [2.45, 2.75) is 25.9 Å². The van der Waals surface area contributed by atoms with Crippen LogP contribution in [0.1, 0.15) is 18.9 Å². The molecule has 1 fully saturated rings. The molecule has 2 aromatic rings. The molecule has 144 valence electrons. The normalized spacial score (nSPS) is 16.3. The summed E-state index contributed by atoms with van der Waals surface area (Å²) in [6.45, 7) is 3.42. The van der Waals surface area contributed by atoms with Crippen molar-refractivity contribution in [1.29, 1.82) is 0 Å². The summed E-state index contributed by atoms with van der Waals surface area (Å²) in [5.41, 5.74) is 7.79. The maximum atomic E-state index is 11.3. The second-order valence-corrected chi connectivity index (χ2v) is 6.75. The molecule has 3 rings (SSSR count). The molecule has 9 heteroatoms. The number of carbonyl (C=O) groups is 1. The van der Waals surface area contributed by atoms with Gasteiger partial charge in [-0.15, -0.1) is 0 Å². The molecule has 0 radical (unpaired) electrons. The van der Waals surface area contributed by atoms with Gasteiger partial charge in [0.05, 0.1) is 7.11 Å². The first-order valence-corrected chi connectivity index (χ1v) is 9.06. The first-order chi connectivity index (χ1) is 13.0. The molecule has 1 saturated heterocycles. The van der Waals surface area contributed by atoms with E-state index in [-0.39, 0.29) is 17.2 Å². The number of nitrogen functional groups attached to an aromatic ring is 1. The smallest absolute Gasteiger partial charge is 0.226 e. The third-order valence-corrected chi connectivity index (χ3v) is 4.58. The molecular formula is C18H23ClN6O2. The molecule has 4 N–H and O–H groups in total. The van der Waals surface area contributed by atoms with Crippen LogP contribution in [-0.4, -0.2) is 42.1 Å². The number of nitrogens with zero attached hydrogens (tertiary/aromatic N) is 3. The van der Waals surface area contributed by atoms with E-state index in [1.165, 1.54) is 6.92 Å². The van der Waals surface area contributed by atoms with Gasteiger partial charge in [-0.25, -0.2) is 0 Å². The molecule has 1 aliphatic rings. The third-order valence-electron chi connectivity index (χ3n) is 4.41. The van der Waals surface area contributed by atoms with E-state index in [2.05, 4.69) is 20.6 Å². The second kappa shape index (κ2) is 8.30. The summed E-state index contributed by atoms with van der Waals surface area (Å²) in [6, 6.07) is 7.79. The molecule has 0 spiro atoms. The molecule has 1 aliphatic heterocycles. The SMILES string of the molecule is COc1ccc(CNc2nc(Cl)nc(N3CCC(NC(C)=O)C3)c2N)cc1. The number of hydrogen-bond donors (Lipinski definition) is 3. The topological polar surface area (TPSA) is 105 Å². The van der Waals surface area contributed by atoms with Crippen molar-refractivity contribution in [3.8, 4) is 5.75 Å². The van der Waals surface area contributed by atoms with Gasteiger partial charge in [-0.1, -0.05) is 12.1 Å². The molecule has 1 aromatic heterocycles. The van der Waals surface area contributed by atoms with E-state index in [1.54, 1.807) is 7.11 Å². The summed E-state index contributed by atoms with van der Waals surface area (Å²) < 4.78 is 5.16. The number of halogens is 1. The lowest BCUT2D eigenvalue weighted by molar-refractivity contribution is -0.119. The Bertz CT molecular complexity index is 814. The highest BCUT2D eigenvalue weighted by Crippen LogP contribution is 2.31. The van der Waals surface area contributed by atoms with Gasteiger partial charge >= 0.3 is 0 Å². The van der Waals surface area contributed by atoms with Gasteiger partial charge in [0.1, 0.15) is 11.4 Å². The fraction of sp³-hybridized carbons (Fsp3) is 0.389. The average Bonchev–Trinajstić information content (AvgIpc) is 3.10. The van der Waals surface area contributed by atoms with Crippen molar-refractivity contribution in [1.82, 2.24) is 15.3 Å². The number of amides is 1. The minimum absolute atomic E-state index is 0.0441. The number of benzene rings is 1. The van der Waals surface area contributed by atoms with E-state index in [4.69, 9.17) is 22.1 Å². The molecular weight excluding hydrogens is 368 g/mol. The van der Waals surface area contributed by atoms with Gasteiger partial charge in [0.25, 0.3) is 0 Å². The first-order valence-electron chi connectivity index (χ1n) is 8.68. The molecule has 1 aromatic carbocycles. The Hall–Kier alpha value is -2.74. The summed E-state index contributed by atoms with van der Waals surface area (Å²) in [4.78, 5) is 21.8. The lowest BCUT2D eigenvalue weighted by Crippen LogP contribution is -2.35. The van der Waals surface area contributed by atoms with Gasteiger partial charge in [-0.05, 0) is 35.7 Å². The fourth-order valence-electron chi connectivity index (χ4n) is 3.09. The predicted molar refractivity (Wildman–Crippen MR) is 106 cm³/mol. The van der Waals surface area contributed by atoms with Crippen molar-refractivity contribution in [3.63, 3.8) is 0 Å². The summed E-state index contributed by atoms with van der Waals surface area (Å²) in [5, 5.41) is 6.26. The summed E-state index contributed by atoms with van der Waals surface area (Å²) in [6.07, 6.45) is 0.829. The minimum atomic E-state index is -0.0441. The van der Waals surface area contributed by atoms with E-state index in [0.717, 1.165) is 24.3 Å². The van der Waals surface area contributed by atoms with Gasteiger partial charge in [0, 0.05) is 32.6 Å². The van der Waals surface area contributed by atoms with Crippen LogP contribution in [0, 0.1) is 0 Å². The summed E-state index contributed by atoms with van der Waals surface area (Å²) >= 11 is 6.11. The Morgan fingerprint density at radius 1 is 1.37 bits per heavy atom. The van der Waals surface area contributed by atoms with Gasteiger partial charge in [0.15, 0.2) is 11.6 Å². The number of aromatic nitrogens is 2.